The Bertz CT molecular complexity index is 1180. The lowest BCUT2D eigenvalue weighted by atomic mass is 9.97. The largest absolute Gasteiger partial charge is 0.490 e. The number of anilines is 1. The zero-order valence-electron chi connectivity index (χ0n) is 20.8. The molecule has 0 amide bonds. The maximum Gasteiger partial charge on any atom is 0.490 e. The molecule has 3 aromatic rings. The van der Waals surface area contributed by atoms with E-state index in [1.54, 1.807) is 0 Å². The highest BCUT2D eigenvalue weighted by atomic mass is 19.4. The first-order chi connectivity index (χ1) is 17.7. The Kier molecular flexibility index (Phi) is 8.65. The maximum absolute atomic E-state index is 10.6. The standard InChI is InChI=1S/C24H31N5O.C2HF3O2/c1-2-19-5-7-20(8-6-19)16-27-11-3-4-21(17-27)24-25-23-10-9-22(18-29(23)26-24)28-12-14-30-15-13-28;3-2(4,5)1(6)7/h5-10,18,21H,2-4,11-17H2,1H3;(H,6,7). The molecule has 8 nitrogen and oxygen atoms in total. The summed E-state index contributed by atoms with van der Waals surface area (Å²) in [6, 6.07) is 13.3. The Hall–Kier alpha value is -3.18. The van der Waals surface area contributed by atoms with Crippen molar-refractivity contribution < 1.29 is 27.8 Å². The summed E-state index contributed by atoms with van der Waals surface area (Å²) in [6.07, 6.45) is 0.497. The molecule has 2 saturated heterocycles. The molecule has 2 aliphatic rings. The van der Waals surface area contributed by atoms with Gasteiger partial charge in [0.25, 0.3) is 0 Å². The van der Waals surface area contributed by atoms with Gasteiger partial charge in [0.05, 0.1) is 25.1 Å². The molecule has 0 bridgehead atoms. The van der Waals surface area contributed by atoms with Crippen molar-refractivity contribution in [1.82, 2.24) is 19.5 Å². The Morgan fingerprint density at radius 1 is 1.08 bits per heavy atom. The number of piperidine rings is 1. The minimum atomic E-state index is -5.08. The van der Waals surface area contributed by atoms with Crippen molar-refractivity contribution in [2.75, 3.05) is 44.3 Å². The average Bonchev–Trinajstić information content (AvgIpc) is 3.33. The molecular formula is C26H32F3N5O3. The van der Waals surface area contributed by atoms with Crippen LogP contribution < -0.4 is 4.90 Å². The number of hydrogen-bond donors (Lipinski definition) is 1. The van der Waals surface area contributed by atoms with Crippen LogP contribution in [0.2, 0.25) is 0 Å². The van der Waals surface area contributed by atoms with Crippen molar-refractivity contribution in [1.29, 1.82) is 0 Å². The minimum absolute atomic E-state index is 0.403. The summed E-state index contributed by atoms with van der Waals surface area (Å²) < 4.78 is 39.2. The number of morpholine rings is 1. The number of carbonyl (C=O) groups is 1. The number of likely N-dealkylation sites (tertiary alicyclic amines) is 1. The van der Waals surface area contributed by atoms with Gasteiger partial charge in [0.1, 0.15) is 0 Å². The molecule has 1 unspecified atom stereocenters. The van der Waals surface area contributed by atoms with E-state index in [4.69, 9.17) is 24.7 Å². The summed E-state index contributed by atoms with van der Waals surface area (Å²) in [4.78, 5) is 18.7. The van der Waals surface area contributed by atoms with E-state index in [2.05, 4.69) is 59.3 Å². The number of carboxylic acids is 1. The van der Waals surface area contributed by atoms with Crippen LogP contribution in [0.25, 0.3) is 5.65 Å². The smallest absolute Gasteiger partial charge is 0.475 e. The van der Waals surface area contributed by atoms with Crippen LogP contribution in [0.4, 0.5) is 18.9 Å². The lowest BCUT2D eigenvalue weighted by Gasteiger charge is -2.31. The number of benzene rings is 1. The van der Waals surface area contributed by atoms with E-state index < -0.39 is 12.1 Å². The molecule has 1 atom stereocenters. The molecule has 2 aromatic heterocycles. The van der Waals surface area contributed by atoms with Crippen LogP contribution in [0.5, 0.6) is 0 Å². The second-order valence-electron chi connectivity index (χ2n) is 9.31. The molecule has 0 radical (unpaired) electrons. The topological polar surface area (TPSA) is 83.2 Å². The zero-order chi connectivity index (χ0) is 26.4. The molecule has 0 saturated carbocycles. The van der Waals surface area contributed by atoms with Gasteiger partial charge in [0.15, 0.2) is 11.5 Å². The van der Waals surface area contributed by atoms with Gasteiger partial charge in [-0.05, 0) is 49.1 Å². The van der Waals surface area contributed by atoms with Crippen LogP contribution >= 0.6 is 0 Å². The maximum atomic E-state index is 10.6. The predicted molar refractivity (Wildman–Crippen MR) is 133 cm³/mol. The fourth-order valence-corrected chi connectivity index (χ4v) is 4.62. The molecule has 1 N–H and O–H groups in total. The summed E-state index contributed by atoms with van der Waals surface area (Å²) >= 11 is 0. The third-order valence-electron chi connectivity index (χ3n) is 6.66. The van der Waals surface area contributed by atoms with E-state index in [9.17, 15) is 13.2 Å². The van der Waals surface area contributed by atoms with E-state index in [1.165, 1.54) is 29.7 Å². The van der Waals surface area contributed by atoms with Gasteiger partial charge in [-0.25, -0.2) is 14.3 Å². The first-order valence-corrected chi connectivity index (χ1v) is 12.5. The lowest BCUT2D eigenvalue weighted by molar-refractivity contribution is -0.192. The first-order valence-electron chi connectivity index (χ1n) is 12.5. The number of fused-ring (bicyclic) bond motifs is 1. The molecule has 2 aliphatic heterocycles. The third-order valence-corrected chi connectivity index (χ3v) is 6.66. The molecule has 1 aromatic carbocycles. The van der Waals surface area contributed by atoms with Crippen molar-refractivity contribution in [3.8, 4) is 0 Å². The molecule has 5 rings (SSSR count). The average molecular weight is 520 g/mol. The van der Waals surface area contributed by atoms with E-state index in [1.807, 2.05) is 4.52 Å². The number of aliphatic carboxylic acids is 1. The molecule has 0 spiro atoms. The number of aromatic nitrogens is 3. The van der Waals surface area contributed by atoms with Gasteiger partial charge in [0.2, 0.25) is 0 Å². The first kappa shape index (κ1) is 26.9. The number of nitrogens with zero attached hydrogens (tertiary/aromatic N) is 5. The fraction of sp³-hybridized carbons (Fsp3) is 0.500. The number of pyridine rings is 1. The van der Waals surface area contributed by atoms with Crippen LogP contribution in [0.3, 0.4) is 0 Å². The highest BCUT2D eigenvalue weighted by molar-refractivity contribution is 5.73. The van der Waals surface area contributed by atoms with Crippen LogP contribution in [-0.2, 0) is 22.5 Å². The predicted octanol–water partition coefficient (Wildman–Crippen LogP) is 4.14. The van der Waals surface area contributed by atoms with Crippen molar-refractivity contribution in [3.05, 3.63) is 59.5 Å². The van der Waals surface area contributed by atoms with Crippen molar-refractivity contribution in [3.63, 3.8) is 0 Å². The van der Waals surface area contributed by atoms with Gasteiger partial charge in [-0.3, -0.25) is 4.90 Å². The van der Waals surface area contributed by atoms with Crippen LogP contribution in [-0.4, -0.2) is 76.1 Å². The van der Waals surface area contributed by atoms with E-state index in [0.717, 1.165) is 63.8 Å². The van der Waals surface area contributed by atoms with E-state index in [-0.39, 0.29) is 0 Å². The van der Waals surface area contributed by atoms with Crippen LogP contribution in [0.1, 0.15) is 42.6 Å². The normalized spacial score (nSPS) is 18.9. The Balaban J connectivity index is 0.000000405. The Morgan fingerprint density at radius 3 is 2.41 bits per heavy atom. The number of hydrogen-bond acceptors (Lipinski definition) is 6. The van der Waals surface area contributed by atoms with Gasteiger partial charge in [0, 0.05) is 32.1 Å². The second kappa shape index (κ2) is 11.9. The van der Waals surface area contributed by atoms with Crippen LogP contribution in [0, 0.1) is 0 Å². The Labute approximate surface area is 213 Å². The summed E-state index contributed by atoms with van der Waals surface area (Å²) in [7, 11) is 0. The SMILES string of the molecule is CCc1ccc(CN2CCCC(c3nc4ccc(N5CCOCC5)cn4n3)C2)cc1.O=C(O)C(F)(F)F. The van der Waals surface area contributed by atoms with Gasteiger partial charge in [-0.1, -0.05) is 31.2 Å². The Morgan fingerprint density at radius 2 is 1.76 bits per heavy atom. The molecule has 2 fully saturated rings. The highest BCUT2D eigenvalue weighted by Crippen LogP contribution is 2.27. The van der Waals surface area contributed by atoms with Crippen LogP contribution in [0.15, 0.2) is 42.6 Å². The highest BCUT2D eigenvalue weighted by Gasteiger charge is 2.38. The van der Waals surface area contributed by atoms with Gasteiger partial charge in [-0.2, -0.15) is 18.3 Å². The monoisotopic (exact) mass is 519 g/mol. The number of carboxylic acid groups (broad SMARTS) is 1. The third kappa shape index (κ3) is 7.20. The number of ether oxygens (including phenoxy) is 1. The van der Waals surface area contributed by atoms with Gasteiger partial charge in [-0.15, -0.1) is 0 Å². The summed E-state index contributed by atoms with van der Waals surface area (Å²) in [5.74, 6) is -1.37. The van der Waals surface area contributed by atoms with Crippen molar-refractivity contribution in [2.24, 2.45) is 0 Å². The molecule has 11 heteroatoms. The molecule has 4 heterocycles. The van der Waals surface area contributed by atoms with Gasteiger partial charge < -0.3 is 14.7 Å². The molecule has 200 valence electrons. The molecule has 37 heavy (non-hydrogen) atoms. The summed E-state index contributed by atoms with van der Waals surface area (Å²) in [6.45, 7) is 8.85. The number of aryl methyl sites for hydroxylation is 1. The molecule has 0 aliphatic carbocycles. The van der Waals surface area contributed by atoms with E-state index in [0.29, 0.717) is 5.92 Å². The van der Waals surface area contributed by atoms with Crippen molar-refractivity contribution >= 4 is 17.3 Å². The lowest BCUT2D eigenvalue weighted by Crippen LogP contribution is -2.36. The summed E-state index contributed by atoms with van der Waals surface area (Å²) in [5.41, 5.74) is 4.93. The van der Waals surface area contributed by atoms with E-state index >= 15 is 0 Å². The minimum Gasteiger partial charge on any atom is -0.475 e. The fourth-order valence-electron chi connectivity index (χ4n) is 4.62. The number of halogens is 3. The van der Waals surface area contributed by atoms with Crippen molar-refractivity contribution in [2.45, 2.75) is 44.8 Å². The number of alkyl halides is 3. The zero-order valence-corrected chi connectivity index (χ0v) is 20.8. The number of rotatable bonds is 5. The summed E-state index contributed by atoms with van der Waals surface area (Å²) in [5, 5.41) is 12.0. The quantitative estimate of drug-likeness (QED) is 0.543. The molecular weight excluding hydrogens is 487 g/mol. The van der Waals surface area contributed by atoms with Gasteiger partial charge >= 0.3 is 12.1 Å². The second-order valence-corrected chi connectivity index (χ2v) is 9.31.